The number of nitrogen functional groups attached to an aromatic ring is 1. The fourth-order valence-corrected chi connectivity index (χ4v) is 1.05. The monoisotopic (exact) mass is 253 g/mol. The number of halogens is 2. The molecule has 1 aromatic rings. The zero-order chi connectivity index (χ0) is 7.56. The molecule has 0 fully saturated rings. The van der Waals surface area contributed by atoms with Crippen molar-refractivity contribution in [1.82, 2.24) is 9.97 Å². The molecule has 0 spiro atoms. The van der Waals surface area contributed by atoms with Gasteiger partial charge in [0.15, 0.2) is 11.6 Å². The smallest absolute Gasteiger partial charge is 0.187 e. The van der Waals surface area contributed by atoms with Crippen molar-refractivity contribution in [3.8, 4) is 0 Å². The Bertz CT molecular complexity index is 240. The van der Waals surface area contributed by atoms with Crippen molar-refractivity contribution in [2.24, 2.45) is 0 Å². The van der Waals surface area contributed by atoms with E-state index in [1.807, 2.05) is 22.6 Å². The van der Waals surface area contributed by atoms with E-state index < -0.39 is 5.82 Å². The Balaban J connectivity index is 3.14. The molecule has 0 amide bonds. The Morgan fingerprint density at radius 1 is 1.60 bits per heavy atom. The van der Waals surface area contributed by atoms with Crippen LogP contribution in [0.2, 0.25) is 0 Å². The summed E-state index contributed by atoms with van der Waals surface area (Å²) < 4.78 is 13.3. The molecule has 1 rings (SSSR count). The SMILES string of the molecule is Nc1ncnc(CI)c1F. The van der Waals surface area contributed by atoms with Crippen LogP contribution in [0.3, 0.4) is 0 Å². The van der Waals surface area contributed by atoms with Gasteiger partial charge in [0.2, 0.25) is 0 Å². The predicted octanol–water partition coefficient (Wildman–Crippen LogP) is 1.13. The van der Waals surface area contributed by atoms with Crippen LogP contribution in [0.25, 0.3) is 0 Å². The van der Waals surface area contributed by atoms with Crippen LogP contribution in [0, 0.1) is 5.82 Å². The first-order valence-electron chi connectivity index (χ1n) is 2.56. The number of nitrogens with two attached hydrogens (primary N) is 1. The van der Waals surface area contributed by atoms with Gasteiger partial charge < -0.3 is 5.73 Å². The lowest BCUT2D eigenvalue weighted by Gasteiger charge is -1.97. The van der Waals surface area contributed by atoms with Crippen LogP contribution < -0.4 is 5.73 Å². The first kappa shape index (κ1) is 7.64. The highest BCUT2D eigenvalue weighted by atomic mass is 127. The Labute approximate surface area is 71.0 Å². The minimum atomic E-state index is -0.503. The maximum Gasteiger partial charge on any atom is 0.187 e. The van der Waals surface area contributed by atoms with Crippen molar-refractivity contribution >= 4 is 28.4 Å². The molecule has 1 aromatic heterocycles. The average molecular weight is 253 g/mol. The van der Waals surface area contributed by atoms with Gasteiger partial charge in [-0.25, -0.2) is 14.4 Å². The topological polar surface area (TPSA) is 51.8 Å². The third kappa shape index (κ3) is 1.34. The van der Waals surface area contributed by atoms with E-state index in [0.717, 1.165) is 0 Å². The maximum absolute atomic E-state index is 12.7. The van der Waals surface area contributed by atoms with Crippen LogP contribution in [-0.4, -0.2) is 9.97 Å². The summed E-state index contributed by atoms with van der Waals surface area (Å²) in [4.78, 5) is 7.16. The van der Waals surface area contributed by atoms with E-state index in [0.29, 0.717) is 10.1 Å². The molecule has 0 aliphatic rings. The molecule has 3 nitrogen and oxygen atoms in total. The molecule has 0 aromatic carbocycles. The molecule has 0 atom stereocenters. The fraction of sp³-hybridized carbons (Fsp3) is 0.200. The van der Waals surface area contributed by atoms with Gasteiger partial charge in [0, 0.05) is 4.43 Å². The minimum absolute atomic E-state index is 0.0818. The van der Waals surface area contributed by atoms with Crippen LogP contribution >= 0.6 is 22.6 Å². The van der Waals surface area contributed by atoms with Crippen LogP contribution in [0.1, 0.15) is 5.69 Å². The summed E-state index contributed by atoms with van der Waals surface area (Å²) in [6.07, 6.45) is 1.26. The number of alkyl halides is 1. The zero-order valence-electron chi connectivity index (χ0n) is 5.01. The van der Waals surface area contributed by atoms with Gasteiger partial charge >= 0.3 is 0 Å². The van der Waals surface area contributed by atoms with Crippen molar-refractivity contribution in [3.05, 3.63) is 17.8 Å². The highest BCUT2D eigenvalue weighted by molar-refractivity contribution is 14.1. The van der Waals surface area contributed by atoms with Gasteiger partial charge in [-0.05, 0) is 0 Å². The van der Waals surface area contributed by atoms with E-state index in [9.17, 15) is 4.39 Å². The quantitative estimate of drug-likeness (QED) is 0.603. The highest BCUT2D eigenvalue weighted by Crippen LogP contribution is 2.11. The lowest BCUT2D eigenvalue weighted by atomic mass is 10.4. The van der Waals surface area contributed by atoms with Crippen LogP contribution in [-0.2, 0) is 4.43 Å². The number of hydrogen-bond donors (Lipinski definition) is 1. The molecule has 0 unspecified atom stereocenters. The second kappa shape index (κ2) is 3.09. The largest absolute Gasteiger partial charge is 0.381 e. The highest BCUT2D eigenvalue weighted by Gasteiger charge is 2.05. The van der Waals surface area contributed by atoms with Crippen molar-refractivity contribution in [2.75, 3.05) is 5.73 Å². The van der Waals surface area contributed by atoms with Gasteiger partial charge in [0.05, 0.1) is 5.69 Å². The summed E-state index contributed by atoms with van der Waals surface area (Å²) in [5.41, 5.74) is 5.52. The van der Waals surface area contributed by atoms with E-state index in [1.54, 1.807) is 0 Å². The number of anilines is 1. The van der Waals surface area contributed by atoms with Gasteiger partial charge in [-0.1, -0.05) is 22.6 Å². The van der Waals surface area contributed by atoms with Crippen LogP contribution in [0.4, 0.5) is 10.2 Å². The lowest BCUT2D eigenvalue weighted by Crippen LogP contribution is -2.00. The molecule has 0 aliphatic carbocycles. The zero-order valence-corrected chi connectivity index (χ0v) is 7.17. The van der Waals surface area contributed by atoms with E-state index in [4.69, 9.17) is 5.73 Å². The normalized spacial score (nSPS) is 9.80. The molecule has 0 bridgehead atoms. The van der Waals surface area contributed by atoms with Gasteiger partial charge in [0.25, 0.3) is 0 Å². The van der Waals surface area contributed by atoms with E-state index >= 15 is 0 Å². The third-order valence-electron chi connectivity index (χ3n) is 1.02. The Morgan fingerprint density at radius 3 is 2.80 bits per heavy atom. The van der Waals surface area contributed by atoms with Gasteiger partial charge in [-0.3, -0.25) is 0 Å². The number of nitrogens with zero attached hydrogens (tertiary/aromatic N) is 2. The molecule has 1 heterocycles. The van der Waals surface area contributed by atoms with Crippen molar-refractivity contribution in [2.45, 2.75) is 4.43 Å². The van der Waals surface area contributed by atoms with Crippen molar-refractivity contribution < 1.29 is 4.39 Å². The summed E-state index contributed by atoms with van der Waals surface area (Å²) in [7, 11) is 0. The molecule has 0 radical (unpaired) electrons. The van der Waals surface area contributed by atoms with Gasteiger partial charge in [-0.2, -0.15) is 0 Å². The lowest BCUT2D eigenvalue weighted by molar-refractivity contribution is 0.607. The summed E-state index contributed by atoms with van der Waals surface area (Å²) >= 11 is 2.01. The molecular formula is C5H5FIN3. The number of aromatic nitrogens is 2. The Hall–Kier alpha value is -0.460. The fourth-order valence-electron chi connectivity index (χ4n) is 0.515. The summed E-state index contributed by atoms with van der Waals surface area (Å²) in [5.74, 6) is -0.585. The molecule has 10 heavy (non-hydrogen) atoms. The minimum Gasteiger partial charge on any atom is -0.381 e. The molecule has 5 heteroatoms. The summed E-state index contributed by atoms with van der Waals surface area (Å²) in [6, 6.07) is 0. The van der Waals surface area contributed by atoms with E-state index in [2.05, 4.69) is 9.97 Å². The Morgan fingerprint density at radius 2 is 2.30 bits per heavy atom. The van der Waals surface area contributed by atoms with E-state index in [-0.39, 0.29) is 5.82 Å². The first-order chi connectivity index (χ1) is 4.75. The summed E-state index contributed by atoms with van der Waals surface area (Å²) in [5, 5.41) is 0. The molecule has 0 saturated heterocycles. The maximum atomic E-state index is 12.7. The van der Waals surface area contributed by atoms with E-state index in [1.165, 1.54) is 6.33 Å². The third-order valence-corrected chi connectivity index (χ3v) is 1.74. The second-order valence-electron chi connectivity index (χ2n) is 1.65. The summed E-state index contributed by atoms with van der Waals surface area (Å²) in [6.45, 7) is 0. The molecular weight excluding hydrogens is 248 g/mol. The van der Waals surface area contributed by atoms with Crippen molar-refractivity contribution in [3.63, 3.8) is 0 Å². The van der Waals surface area contributed by atoms with Crippen molar-refractivity contribution in [1.29, 1.82) is 0 Å². The number of hydrogen-bond acceptors (Lipinski definition) is 3. The van der Waals surface area contributed by atoms with Gasteiger partial charge in [0.1, 0.15) is 6.33 Å². The first-order valence-corrected chi connectivity index (χ1v) is 4.09. The standard InChI is InChI=1S/C5H5FIN3/c6-4-3(1-7)9-2-10-5(4)8/h2H,1H2,(H2,8,9,10). The number of rotatable bonds is 1. The molecule has 0 saturated carbocycles. The van der Waals surface area contributed by atoms with Crippen LogP contribution in [0.5, 0.6) is 0 Å². The van der Waals surface area contributed by atoms with Crippen LogP contribution in [0.15, 0.2) is 6.33 Å². The second-order valence-corrected chi connectivity index (χ2v) is 2.42. The van der Waals surface area contributed by atoms with Gasteiger partial charge in [-0.15, -0.1) is 0 Å². The Kier molecular flexibility index (Phi) is 2.36. The average Bonchev–Trinajstić information content (AvgIpc) is 1.95. The predicted molar refractivity (Wildman–Crippen MR) is 44.1 cm³/mol. The molecule has 54 valence electrons. The molecule has 0 aliphatic heterocycles. The molecule has 2 N–H and O–H groups in total.